The number of carbonyl (C=O) groups excluding carboxylic acids is 1. The third-order valence-electron chi connectivity index (χ3n) is 4.96. The highest BCUT2D eigenvalue weighted by Crippen LogP contribution is 2.13. The first kappa shape index (κ1) is 26.0. The molecular weight excluding hydrogens is 510 g/mol. The van der Waals surface area contributed by atoms with Crippen LogP contribution in [0.2, 0.25) is 0 Å². The molecule has 0 saturated carbocycles. The van der Waals surface area contributed by atoms with Crippen molar-refractivity contribution in [3.63, 3.8) is 0 Å². The van der Waals surface area contributed by atoms with Crippen LogP contribution in [0.25, 0.3) is 16.7 Å². The molecule has 3 aromatic rings. The van der Waals surface area contributed by atoms with E-state index in [0.29, 0.717) is 35.3 Å². The smallest absolute Gasteiger partial charge is 0.267 e. The maximum absolute atomic E-state index is 13.2. The van der Waals surface area contributed by atoms with E-state index in [-0.39, 0.29) is 34.5 Å². The van der Waals surface area contributed by atoms with Crippen molar-refractivity contribution in [3.05, 3.63) is 87.2 Å². The molecule has 3 rings (SSSR count). The highest BCUT2D eigenvalue weighted by Gasteiger charge is 2.15. The fraction of sp³-hybridized carbons (Fsp3) is 0.269. The van der Waals surface area contributed by atoms with E-state index in [4.69, 9.17) is 4.74 Å². The Balaban J connectivity index is 2.20. The number of hydrogen-bond acceptors (Lipinski definition) is 5. The zero-order valence-corrected chi connectivity index (χ0v) is 21.2. The van der Waals surface area contributed by atoms with Crippen molar-refractivity contribution >= 4 is 38.5 Å². The zero-order valence-electron chi connectivity index (χ0n) is 19.6. The molecule has 0 aromatic carbocycles. The van der Waals surface area contributed by atoms with Gasteiger partial charge < -0.3 is 9.30 Å². The van der Waals surface area contributed by atoms with Gasteiger partial charge in [0.25, 0.3) is 11.5 Å². The largest absolute Gasteiger partial charge is 0.379 e. The van der Waals surface area contributed by atoms with Gasteiger partial charge >= 0.3 is 0 Å². The Morgan fingerprint density at radius 1 is 1.37 bits per heavy atom. The molecular formula is C26H26BrN5O3. The minimum Gasteiger partial charge on any atom is -0.379 e. The SMILES string of the molecule is C=C/C=C\C=C(\Br)CC(=O)N=c1c(C#N)cc2c(=O)n3ccccc3nc2n1CCCOC(C)C. The van der Waals surface area contributed by atoms with Gasteiger partial charge in [-0.15, -0.1) is 0 Å². The fourth-order valence-corrected chi connectivity index (χ4v) is 3.83. The minimum atomic E-state index is -0.444. The molecule has 0 aliphatic carbocycles. The number of ether oxygens (including phenoxy) is 1. The van der Waals surface area contributed by atoms with Crippen LogP contribution in [0.15, 0.2) is 75.6 Å². The normalized spacial score (nSPS) is 12.7. The summed E-state index contributed by atoms with van der Waals surface area (Å²) >= 11 is 3.37. The number of rotatable bonds is 9. The van der Waals surface area contributed by atoms with Crippen LogP contribution in [-0.4, -0.2) is 32.6 Å². The maximum atomic E-state index is 13.2. The number of halogens is 1. The van der Waals surface area contributed by atoms with Gasteiger partial charge in [-0.05, 0) is 38.5 Å². The van der Waals surface area contributed by atoms with Crippen molar-refractivity contribution in [2.75, 3.05) is 6.61 Å². The van der Waals surface area contributed by atoms with Crippen molar-refractivity contribution in [2.24, 2.45) is 4.99 Å². The lowest BCUT2D eigenvalue weighted by Gasteiger charge is -2.14. The van der Waals surface area contributed by atoms with E-state index in [1.807, 2.05) is 13.8 Å². The number of amides is 1. The molecule has 180 valence electrons. The van der Waals surface area contributed by atoms with E-state index in [9.17, 15) is 14.9 Å². The molecule has 0 unspecified atom stereocenters. The molecule has 0 N–H and O–H groups in total. The number of aryl methyl sites for hydroxylation is 1. The van der Waals surface area contributed by atoms with E-state index in [1.165, 1.54) is 10.5 Å². The van der Waals surface area contributed by atoms with Crippen molar-refractivity contribution in [1.29, 1.82) is 5.26 Å². The van der Waals surface area contributed by atoms with Crippen molar-refractivity contribution < 1.29 is 9.53 Å². The number of allylic oxidation sites excluding steroid dienone is 4. The first-order valence-corrected chi connectivity index (χ1v) is 11.9. The molecule has 0 fully saturated rings. The lowest BCUT2D eigenvalue weighted by atomic mass is 10.2. The number of hydrogen-bond donors (Lipinski definition) is 0. The van der Waals surface area contributed by atoms with Gasteiger partial charge in [0.1, 0.15) is 17.4 Å². The Kier molecular flexibility index (Phi) is 9.06. The molecule has 3 aromatic heterocycles. The average molecular weight is 536 g/mol. The van der Waals surface area contributed by atoms with Gasteiger partial charge in [-0.2, -0.15) is 10.3 Å². The highest BCUT2D eigenvalue weighted by molar-refractivity contribution is 9.11. The molecule has 0 atom stereocenters. The summed E-state index contributed by atoms with van der Waals surface area (Å²) in [5.74, 6) is -0.444. The van der Waals surface area contributed by atoms with Gasteiger partial charge in [0.2, 0.25) is 0 Å². The molecule has 0 radical (unpaired) electrons. The molecule has 9 heteroatoms. The summed E-state index contributed by atoms with van der Waals surface area (Å²) in [6.45, 7) is 8.32. The van der Waals surface area contributed by atoms with Crippen molar-refractivity contribution in [2.45, 2.75) is 39.3 Å². The Morgan fingerprint density at radius 3 is 2.89 bits per heavy atom. The minimum absolute atomic E-state index is 0.00859. The highest BCUT2D eigenvalue weighted by atomic mass is 79.9. The second-order valence-corrected chi connectivity index (χ2v) is 8.94. The van der Waals surface area contributed by atoms with Crippen LogP contribution in [0.4, 0.5) is 0 Å². The second kappa shape index (κ2) is 12.2. The number of nitrogens with zero attached hydrogens (tertiary/aromatic N) is 5. The van der Waals surface area contributed by atoms with Gasteiger partial charge in [-0.3, -0.25) is 14.0 Å². The summed E-state index contributed by atoms with van der Waals surface area (Å²) in [5, 5.41) is 10.1. The van der Waals surface area contributed by atoms with E-state index >= 15 is 0 Å². The summed E-state index contributed by atoms with van der Waals surface area (Å²) < 4.78 is 9.38. The van der Waals surface area contributed by atoms with Gasteiger partial charge in [-0.1, -0.05) is 52.9 Å². The number of aromatic nitrogens is 3. The molecule has 0 bridgehead atoms. The Bertz CT molecular complexity index is 1490. The third-order valence-corrected chi connectivity index (χ3v) is 5.51. The lowest BCUT2D eigenvalue weighted by molar-refractivity contribution is -0.117. The first-order valence-electron chi connectivity index (χ1n) is 11.1. The first-order chi connectivity index (χ1) is 16.8. The molecule has 3 heterocycles. The number of carbonyl (C=O) groups is 1. The number of fused-ring (bicyclic) bond motifs is 2. The topological polar surface area (TPSA) is 102 Å². The zero-order chi connectivity index (χ0) is 25.4. The standard InChI is InChI=1S/C26H26BrN5O3/c1-4-5-6-10-20(27)16-23(33)30-24-19(17-28)15-21-25(32(24)13-9-14-35-18(2)3)29-22-11-7-8-12-31(22)26(21)34/h4-8,10-12,15,18H,1,9,13-14,16H2,2-3H3/b6-5-,20-10+,30-24?. The fourth-order valence-electron chi connectivity index (χ4n) is 3.43. The van der Waals surface area contributed by atoms with Crippen LogP contribution in [0.5, 0.6) is 0 Å². The van der Waals surface area contributed by atoms with E-state index in [1.54, 1.807) is 53.3 Å². The summed E-state index contributed by atoms with van der Waals surface area (Å²) in [4.78, 5) is 34.9. The third kappa shape index (κ3) is 6.50. The Hall–Kier alpha value is -3.61. The van der Waals surface area contributed by atoms with Crippen molar-refractivity contribution in [3.8, 4) is 6.07 Å². The monoisotopic (exact) mass is 535 g/mol. The summed E-state index contributed by atoms with van der Waals surface area (Å²) in [6, 6.07) is 8.80. The van der Waals surface area contributed by atoms with Gasteiger partial charge in [0, 0.05) is 23.8 Å². The Labute approximate surface area is 211 Å². The quantitative estimate of drug-likeness (QED) is 0.232. The lowest BCUT2D eigenvalue weighted by Crippen LogP contribution is -2.30. The molecule has 0 aliphatic heterocycles. The predicted octanol–water partition coefficient (Wildman–Crippen LogP) is 4.17. The van der Waals surface area contributed by atoms with E-state index < -0.39 is 5.91 Å². The Morgan fingerprint density at radius 2 is 2.17 bits per heavy atom. The maximum Gasteiger partial charge on any atom is 0.267 e. The summed E-state index contributed by atoms with van der Waals surface area (Å²) in [6.07, 6.45) is 9.13. The van der Waals surface area contributed by atoms with Crippen LogP contribution in [0.1, 0.15) is 32.3 Å². The van der Waals surface area contributed by atoms with Crippen molar-refractivity contribution in [1.82, 2.24) is 14.0 Å². The van der Waals surface area contributed by atoms with Gasteiger partial charge in [-0.25, -0.2) is 4.98 Å². The number of nitriles is 1. The van der Waals surface area contributed by atoms with Gasteiger partial charge in [0.05, 0.1) is 23.5 Å². The summed E-state index contributed by atoms with van der Waals surface area (Å²) in [5.41, 5.74) is 0.811. The number of pyridine rings is 2. The molecule has 1 amide bonds. The van der Waals surface area contributed by atoms with Crippen LogP contribution < -0.4 is 11.0 Å². The summed E-state index contributed by atoms with van der Waals surface area (Å²) in [7, 11) is 0. The molecule has 0 saturated heterocycles. The van der Waals surface area contributed by atoms with Crippen LogP contribution in [0, 0.1) is 11.3 Å². The van der Waals surface area contributed by atoms with Gasteiger partial charge in [0.15, 0.2) is 5.49 Å². The molecule has 0 aliphatic rings. The molecule has 8 nitrogen and oxygen atoms in total. The average Bonchev–Trinajstić information content (AvgIpc) is 2.82. The van der Waals surface area contributed by atoms with Crippen LogP contribution in [0.3, 0.4) is 0 Å². The molecule has 35 heavy (non-hydrogen) atoms. The predicted molar refractivity (Wildman–Crippen MR) is 139 cm³/mol. The van der Waals surface area contributed by atoms with Crippen LogP contribution in [-0.2, 0) is 16.1 Å². The van der Waals surface area contributed by atoms with E-state index in [0.717, 1.165) is 0 Å². The second-order valence-electron chi connectivity index (χ2n) is 7.92. The molecule has 0 spiro atoms. The van der Waals surface area contributed by atoms with Crippen LogP contribution >= 0.6 is 15.9 Å². The van der Waals surface area contributed by atoms with E-state index in [2.05, 4.69) is 38.6 Å².